The molecule has 17 heteroatoms. The molecule has 0 saturated carbocycles. The summed E-state index contributed by atoms with van der Waals surface area (Å²) in [5.74, 6) is -1.90. The number of anilines is 3. The second kappa shape index (κ2) is 9.61. The Hall–Kier alpha value is -4.15. The maximum Gasteiger partial charge on any atom is 0.296 e. The second-order valence-corrected chi connectivity index (χ2v) is 8.58. The van der Waals surface area contributed by atoms with E-state index in [9.17, 15) is 27.7 Å². The Kier molecular flexibility index (Phi) is 6.99. The highest BCUT2D eigenvalue weighted by Crippen LogP contribution is 2.32. The Bertz CT molecular complexity index is 1520. The first-order valence-electron chi connectivity index (χ1n) is 9.57. The van der Waals surface area contributed by atoms with Crippen molar-refractivity contribution in [1.82, 2.24) is 19.5 Å². The summed E-state index contributed by atoms with van der Waals surface area (Å²) in [6.45, 7) is 2.82. The van der Waals surface area contributed by atoms with Gasteiger partial charge in [-0.1, -0.05) is 0 Å². The molecule has 184 valence electrons. The van der Waals surface area contributed by atoms with Gasteiger partial charge in [0, 0.05) is 17.8 Å². The zero-order valence-electron chi connectivity index (χ0n) is 18.1. The number of aromatic nitrogens is 4. The number of amides is 1. The topological polar surface area (TPSA) is 241 Å². The van der Waals surface area contributed by atoms with Gasteiger partial charge in [-0.15, -0.1) is 10.2 Å². The zero-order chi connectivity index (χ0) is 26.1. The molecule has 0 aliphatic rings. The molecule has 0 bridgehead atoms. The molecule has 2 heterocycles. The van der Waals surface area contributed by atoms with Crippen LogP contribution >= 0.6 is 11.6 Å². The van der Waals surface area contributed by atoms with Crippen LogP contribution in [0.1, 0.15) is 22.8 Å². The third-order valence-corrected chi connectivity index (χ3v) is 5.67. The number of azo groups is 1. The number of carbonyl (C=O) groups is 1. The Morgan fingerprint density at radius 1 is 1.26 bits per heavy atom. The number of carbonyl (C=O) groups excluding carboxylic acids is 1. The second-order valence-electron chi connectivity index (χ2n) is 6.85. The molecule has 0 saturated heterocycles. The van der Waals surface area contributed by atoms with Gasteiger partial charge in [-0.2, -0.15) is 23.4 Å². The van der Waals surface area contributed by atoms with Crippen LogP contribution < -0.4 is 22.3 Å². The average Bonchev–Trinajstić information content (AvgIpc) is 2.72. The van der Waals surface area contributed by atoms with Crippen molar-refractivity contribution >= 4 is 56.6 Å². The highest BCUT2D eigenvalue weighted by atomic mass is 35.5. The van der Waals surface area contributed by atoms with E-state index in [-0.39, 0.29) is 51.9 Å². The molecular weight excluding hydrogens is 506 g/mol. The fourth-order valence-electron chi connectivity index (χ4n) is 3.06. The number of pyridine rings is 1. The van der Waals surface area contributed by atoms with Gasteiger partial charge in [-0.3, -0.25) is 18.7 Å². The number of hydrogen-bond donors (Lipinski definition) is 5. The molecule has 35 heavy (non-hydrogen) atoms. The third-order valence-electron chi connectivity index (χ3n) is 4.60. The molecule has 7 N–H and O–H groups in total. The summed E-state index contributed by atoms with van der Waals surface area (Å²) in [6, 6.07) is 3.43. The first-order valence-corrected chi connectivity index (χ1v) is 11.4. The normalized spacial score (nSPS) is 11.7. The van der Waals surface area contributed by atoms with E-state index in [1.165, 1.54) is 19.9 Å². The van der Waals surface area contributed by atoms with Crippen molar-refractivity contribution in [1.29, 1.82) is 0 Å². The lowest BCUT2D eigenvalue weighted by Gasteiger charge is -2.13. The summed E-state index contributed by atoms with van der Waals surface area (Å²) in [6.07, 6.45) is 0. The van der Waals surface area contributed by atoms with Gasteiger partial charge in [0.05, 0.1) is 0 Å². The first-order chi connectivity index (χ1) is 16.3. The van der Waals surface area contributed by atoms with Crippen molar-refractivity contribution in [2.75, 3.05) is 11.1 Å². The van der Waals surface area contributed by atoms with E-state index in [2.05, 4.69) is 30.5 Å². The highest BCUT2D eigenvalue weighted by Gasteiger charge is 2.23. The van der Waals surface area contributed by atoms with Gasteiger partial charge in [0.25, 0.3) is 21.6 Å². The van der Waals surface area contributed by atoms with Crippen LogP contribution in [-0.4, -0.2) is 43.5 Å². The van der Waals surface area contributed by atoms with Crippen molar-refractivity contribution in [3.05, 3.63) is 45.0 Å². The first kappa shape index (κ1) is 25.5. The molecule has 0 atom stereocenters. The molecule has 0 aliphatic carbocycles. The summed E-state index contributed by atoms with van der Waals surface area (Å²) >= 11 is 5.74. The quantitative estimate of drug-likeness (QED) is 0.221. The molecule has 1 amide bonds. The smallest absolute Gasteiger partial charge is 0.296 e. The van der Waals surface area contributed by atoms with Crippen molar-refractivity contribution < 1.29 is 22.9 Å². The Morgan fingerprint density at radius 3 is 2.51 bits per heavy atom. The fraction of sp³-hybridized carbons (Fsp3) is 0.167. The lowest BCUT2D eigenvalue weighted by atomic mass is 10.1. The highest BCUT2D eigenvalue weighted by molar-refractivity contribution is 7.86. The zero-order valence-corrected chi connectivity index (χ0v) is 19.7. The summed E-state index contributed by atoms with van der Waals surface area (Å²) in [5, 5.41) is 20.4. The fourth-order valence-corrected chi connectivity index (χ4v) is 3.83. The van der Waals surface area contributed by atoms with Gasteiger partial charge in [-0.25, -0.2) is 0 Å². The monoisotopic (exact) mass is 523 g/mol. The van der Waals surface area contributed by atoms with E-state index in [1.54, 1.807) is 0 Å². The van der Waals surface area contributed by atoms with Gasteiger partial charge in [0.15, 0.2) is 5.69 Å². The standard InChI is InChI=1S/C18H18ClN9O6S/c1-3-28-14(30)11(13(20)29)7(2)12(15(28)31)27-26-9-6-8(4-5-10(9)35(32,33)34)22-18-24-16(19)23-17(21)25-18/h4-6,30H,3H2,1-2H3,(H2,20,29)(H,32,33,34)(H3,21,22,23,24,25). The molecule has 2 aromatic heterocycles. The van der Waals surface area contributed by atoms with E-state index in [1.807, 2.05) is 0 Å². The summed E-state index contributed by atoms with van der Waals surface area (Å²) in [4.78, 5) is 35.2. The molecular formula is C18H18ClN9O6S. The third kappa shape index (κ3) is 5.34. The molecule has 0 spiro atoms. The average molecular weight is 524 g/mol. The number of rotatable bonds is 7. The SMILES string of the molecule is CCn1c(O)c(C(N)=O)c(C)c(N=Nc2cc(Nc3nc(N)nc(Cl)n3)ccc2S(=O)(=O)O)c1=O. The number of primary amides is 1. The molecule has 0 radical (unpaired) electrons. The lowest BCUT2D eigenvalue weighted by molar-refractivity contribution is 0.0995. The number of aromatic hydroxyl groups is 1. The largest absolute Gasteiger partial charge is 0.494 e. The van der Waals surface area contributed by atoms with Crippen LogP contribution in [-0.2, 0) is 16.7 Å². The van der Waals surface area contributed by atoms with Crippen LogP contribution in [0, 0.1) is 6.92 Å². The molecule has 3 rings (SSSR count). The Labute approximate surface area is 202 Å². The van der Waals surface area contributed by atoms with Gasteiger partial charge in [-0.05, 0) is 43.6 Å². The molecule has 15 nitrogen and oxygen atoms in total. The van der Waals surface area contributed by atoms with Crippen molar-refractivity contribution in [3.8, 4) is 5.88 Å². The number of halogens is 1. The van der Waals surface area contributed by atoms with E-state index < -0.39 is 32.4 Å². The van der Waals surface area contributed by atoms with Crippen molar-refractivity contribution in [2.45, 2.75) is 25.3 Å². The van der Waals surface area contributed by atoms with E-state index in [0.717, 1.165) is 16.7 Å². The minimum absolute atomic E-state index is 0.0267. The molecule has 1 aromatic carbocycles. The van der Waals surface area contributed by atoms with Crippen LogP contribution in [0.5, 0.6) is 5.88 Å². The van der Waals surface area contributed by atoms with E-state index >= 15 is 0 Å². The predicted octanol–water partition coefficient (Wildman–Crippen LogP) is 1.81. The van der Waals surface area contributed by atoms with Crippen LogP contribution in [0.2, 0.25) is 5.28 Å². The molecule has 3 aromatic rings. The summed E-state index contributed by atoms with van der Waals surface area (Å²) < 4.78 is 34.1. The van der Waals surface area contributed by atoms with E-state index in [4.69, 9.17) is 23.1 Å². The van der Waals surface area contributed by atoms with Gasteiger partial charge in [0.1, 0.15) is 16.1 Å². The minimum Gasteiger partial charge on any atom is -0.494 e. The summed E-state index contributed by atoms with van der Waals surface area (Å²) in [5.41, 5.74) is 9.01. The van der Waals surface area contributed by atoms with E-state index in [0.29, 0.717) is 0 Å². The molecule has 0 fully saturated rings. The predicted molar refractivity (Wildman–Crippen MR) is 124 cm³/mol. The maximum atomic E-state index is 12.8. The van der Waals surface area contributed by atoms with Crippen molar-refractivity contribution in [3.63, 3.8) is 0 Å². The number of nitrogen functional groups attached to an aromatic ring is 1. The van der Waals surface area contributed by atoms with Gasteiger partial charge in [0.2, 0.25) is 23.1 Å². The number of nitrogens with two attached hydrogens (primary N) is 2. The number of nitrogens with zero attached hydrogens (tertiary/aromatic N) is 6. The van der Waals surface area contributed by atoms with Crippen LogP contribution in [0.15, 0.2) is 38.1 Å². The maximum absolute atomic E-state index is 12.8. The molecule has 0 aliphatic heterocycles. The lowest BCUT2D eigenvalue weighted by Crippen LogP contribution is -2.25. The Morgan fingerprint density at radius 2 is 1.94 bits per heavy atom. The van der Waals surface area contributed by atoms with Crippen LogP contribution in [0.4, 0.5) is 29.0 Å². The Balaban J connectivity index is 2.16. The minimum atomic E-state index is -4.76. The molecule has 0 unspecified atom stereocenters. The van der Waals surface area contributed by atoms with Crippen LogP contribution in [0.25, 0.3) is 0 Å². The number of benzene rings is 1. The summed E-state index contributed by atoms with van der Waals surface area (Å²) in [7, 11) is -4.76. The van der Waals surface area contributed by atoms with Crippen molar-refractivity contribution in [2.24, 2.45) is 16.0 Å². The van der Waals surface area contributed by atoms with Gasteiger partial charge < -0.3 is 21.9 Å². The number of nitrogens with one attached hydrogen (secondary N) is 1. The van der Waals surface area contributed by atoms with Gasteiger partial charge >= 0.3 is 0 Å². The van der Waals surface area contributed by atoms with Crippen LogP contribution in [0.3, 0.4) is 0 Å². The number of hydrogen-bond acceptors (Lipinski definition) is 12.